The summed E-state index contributed by atoms with van der Waals surface area (Å²) in [5.74, 6) is -0.106. The van der Waals surface area contributed by atoms with E-state index >= 15 is 0 Å². The predicted octanol–water partition coefficient (Wildman–Crippen LogP) is 2.26. The first-order chi connectivity index (χ1) is 13.3. The van der Waals surface area contributed by atoms with Crippen LogP contribution >= 0.6 is 0 Å². The van der Waals surface area contributed by atoms with Crippen molar-refractivity contribution in [3.63, 3.8) is 0 Å². The maximum absolute atomic E-state index is 12.5. The molecule has 0 aliphatic carbocycles. The minimum Gasteiger partial charge on any atom is -0.348 e. The maximum atomic E-state index is 12.5. The van der Waals surface area contributed by atoms with E-state index < -0.39 is 0 Å². The molecule has 1 saturated heterocycles. The molecule has 0 saturated carbocycles. The van der Waals surface area contributed by atoms with Crippen LogP contribution < -0.4 is 5.32 Å². The van der Waals surface area contributed by atoms with Gasteiger partial charge >= 0.3 is 0 Å². The monoisotopic (exact) mass is 362 g/mol. The number of hydrogen-bond acceptors (Lipinski definition) is 5. The minimum atomic E-state index is -0.106. The molecule has 0 unspecified atom stereocenters. The first kappa shape index (κ1) is 17.4. The highest BCUT2D eigenvalue weighted by molar-refractivity contribution is 5.93. The topological polar surface area (TPSA) is 86.8 Å². The largest absolute Gasteiger partial charge is 0.348 e. The van der Waals surface area contributed by atoms with Gasteiger partial charge in [0.25, 0.3) is 5.91 Å². The molecule has 0 aromatic carbocycles. The summed E-state index contributed by atoms with van der Waals surface area (Å²) in [7, 11) is 0. The van der Waals surface area contributed by atoms with Gasteiger partial charge in [0.15, 0.2) is 0 Å². The summed E-state index contributed by atoms with van der Waals surface area (Å²) in [5, 5.41) is 10.2. The molecule has 1 fully saturated rings. The number of aromatic amines is 1. The number of aromatic nitrogens is 4. The number of nitrogens with one attached hydrogen (secondary N) is 2. The zero-order valence-corrected chi connectivity index (χ0v) is 15.0. The van der Waals surface area contributed by atoms with Crippen molar-refractivity contribution in [2.24, 2.45) is 0 Å². The maximum Gasteiger partial charge on any atom is 0.269 e. The molecule has 4 rings (SSSR count). The molecule has 2 N–H and O–H groups in total. The van der Waals surface area contributed by atoms with Gasteiger partial charge in [-0.2, -0.15) is 5.10 Å². The fourth-order valence-corrected chi connectivity index (χ4v) is 3.33. The Kier molecular flexibility index (Phi) is 5.20. The van der Waals surface area contributed by atoms with Gasteiger partial charge in [0.2, 0.25) is 0 Å². The second-order valence-corrected chi connectivity index (χ2v) is 6.75. The fourth-order valence-electron chi connectivity index (χ4n) is 3.33. The van der Waals surface area contributed by atoms with E-state index in [0.717, 1.165) is 49.4 Å². The van der Waals surface area contributed by atoms with Crippen molar-refractivity contribution in [3.05, 3.63) is 66.4 Å². The minimum absolute atomic E-state index is 0.106. The van der Waals surface area contributed by atoms with E-state index in [0.29, 0.717) is 5.69 Å². The zero-order chi connectivity index (χ0) is 18.5. The van der Waals surface area contributed by atoms with Crippen LogP contribution in [-0.4, -0.2) is 50.1 Å². The lowest BCUT2D eigenvalue weighted by Gasteiger charge is -2.32. The fraction of sp³-hybridized carbons (Fsp3) is 0.300. The van der Waals surface area contributed by atoms with Gasteiger partial charge in [-0.15, -0.1) is 0 Å². The van der Waals surface area contributed by atoms with E-state index in [2.05, 4.69) is 30.4 Å². The number of carbonyl (C=O) groups is 1. The predicted molar refractivity (Wildman–Crippen MR) is 102 cm³/mol. The highest BCUT2D eigenvalue weighted by Crippen LogP contribution is 2.17. The highest BCUT2D eigenvalue weighted by atomic mass is 16.2. The van der Waals surface area contributed by atoms with E-state index in [1.165, 1.54) is 0 Å². The van der Waals surface area contributed by atoms with Crippen molar-refractivity contribution in [1.82, 2.24) is 30.4 Å². The zero-order valence-electron chi connectivity index (χ0n) is 15.0. The number of amides is 1. The lowest BCUT2D eigenvalue weighted by atomic mass is 10.0. The number of piperidine rings is 1. The van der Waals surface area contributed by atoms with Crippen molar-refractivity contribution < 1.29 is 4.79 Å². The Balaban J connectivity index is 1.29. The molecule has 3 aromatic heterocycles. The molecule has 0 atom stereocenters. The molecule has 0 radical (unpaired) electrons. The molecule has 3 aromatic rings. The van der Waals surface area contributed by atoms with E-state index in [-0.39, 0.29) is 11.9 Å². The second-order valence-electron chi connectivity index (χ2n) is 6.75. The second kappa shape index (κ2) is 8.09. The highest BCUT2D eigenvalue weighted by Gasteiger charge is 2.22. The first-order valence-corrected chi connectivity index (χ1v) is 9.17. The van der Waals surface area contributed by atoms with Crippen LogP contribution in [0.15, 0.2) is 55.0 Å². The summed E-state index contributed by atoms with van der Waals surface area (Å²) in [6.45, 7) is 2.76. The van der Waals surface area contributed by atoms with Crippen LogP contribution in [0.3, 0.4) is 0 Å². The smallest absolute Gasteiger partial charge is 0.269 e. The summed E-state index contributed by atoms with van der Waals surface area (Å²) in [6, 6.07) is 11.7. The van der Waals surface area contributed by atoms with Crippen molar-refractivity contribution in [2.75, 3.05) is 13.1 Å². The van der Waals surface area contributed by atoms with Crippen molar-refractivity contribution in [2.45, 2.75) is 25.4 Å². The van der Waals surface area contributed by atoms with Gasteiger partial charge in [0.05, 0.1) is 11.4 Å². The normalized spacial score (nSPS) is 15.6. The van der Waals surface area contributed by atoms with Gasteiger partial charge in [0.1, 0.15) is 5.69 Å². The molecule has 7 nitrogen and oxygen atoms in total. The van der Waals surface area contributed by atoms with E-state index in [4.69, 9.17) is 0 Å². The van der Waals surface area contributed by atoms with Gasteiger partial charge in [-0.25, -0.2) is 0 Å². The molecule has 4 heterocycles. The lowest BCUT2D eigenvalue weighted by Crippen LogP contribution is -2.44. The van der Waals surface area contributed by atoms with Crippen LogP contribution in [0, 0.1) is 0 Å². The van der Waals surface area contributed by atoms with Gasteiger partial charge in [-0.05, 0) is 43.2 Å². The molecule has 7 heteroatoms. The average molecular weight is 362 g/mol. The number of H-pyrrole nitrogens is 1. The lowest BCUT2D eigenvalue weighted by molar-refractivity contribution is 0.0903. The van der Waals surface area contributed by atoms with Crippen LogP contribution in [-0.2, 0) is 6.54 Å². The molecular weight excluding hydrogens is 340 g/mol. The Morgan fingerprint density at radius 2 is 1.96 bits per heavy atom. The molecule has 27 heavy (non-hydrogen) atoms. The third-order valence-corrected chi connectivity index (χ3v) is 4.83. The number of nitrogens with zero attached hydrogens (tertiary/aromatic N) is 4. The van der Waals surface area contributed by atoms with Crippen molar-refractivity contribution in [1.29, 1.82) is 0 Å². The Morgan fingerprint density at radius 3 is 2.70 bits per heavy atom. The molecule has 1 aliphatic rings. The van der Waals surface area contributed by atoms with E-state index in [1.54, 1.807) is 18.5 Å². The van der Waals surface area contributed by atoms with E-state index in [1.807, 2.05) is 36.5 Å². The quantitative estimate of drug-likeness (QED) is 0.727. The van der Waals surface area contributed by atoms with Gasteiger partial charge in [-0.3, -0.25) is 24.8 Å². The summed E-state index contributed by atoms with van der Waals surface area (Å²) in [5.41, 5.74) is 3.25. The SMILES string of the molecule is O=C(NC1CCN(Cc2ccccn2)CC1)c1cc(-c2ccncc2)n[nH]1. The Labute approximate surface area is 157 Å². The standard InChI is InChI=1S/C20H22N6O/c27-20(19-13-18(24-25-19)15-4-9-21-10-5-15)23-16-6-11-26(12-7-16)14-17-3-1-2-8-22-17/h1-5,8-10,13,16H,6-7,11-12,14H2,(H,23,27)(H,24,25). The summed E-state index contributed by atoms with van der Waals surface area (Å²) >= 11 is 0. The number of hydrogen-bond donors (Lipinski definition) is 2. The summed E-state index contributed by atoms with van der Waals surface area (Å²) in [4.78, 5) is 23.3. The van der Waals surface area contributed by atoms with Gasteiger partial charge in [0, 0.05) is 49.8 Å². The summed E-state index contributed by atoms with van der Waals surface area (Å²) in [6.07, 6.45) is 7.12. The van der Waals surface area contributed by atoms with Gasteiger partial charge in [-0.1, -0.05) is 6.07 Å². The Morgan fingerprint density at radius 1 is 1.15 bits per heavy atom. The van der Waals surface area contributed by atoms with E-state index in [9.17, 15) is 4.79 Å². The molecular formula is C20H22N6O. The molecule has 1 aliphatic heterocycles. The third-order valence-electron chi connectivity index (χ3n) is 4.83. The number of pyridine rings is 2. The van der Waals surface area contributed by atoms with Crippen LogP contribution in [0.1, 0.15) is 29.0 Å². The third kappa shape index (κ3) is 4.38. The van der Waals surface area contributed by atoms with Crippen molar-refractivity contribution in [3.8, 4) is 11.3 Å². The molecule has 0 bridgehead atoms. The summed E-state index contributed by atoms with van der Waals surface area (Å²) < 4.78 is 0. The first-order valence-electron chi connectivity index (χ1n) is 9.17. The Bertz CT molecular complexity index is 872. The molecule has 138 valence electrons. The number of rotatable bonds is 5. The average Bonchev–Trinajstić information content (AvgIpc) is 3.21. The van der Waals surface area contributed by atoms with Crippen LogP contribution in [0.2, 0.25) is 0 Å². The van der Waals surface area contributed by atoms with Gasteiger partial charge < -0.3 is 5.32 Å². The number of likely N-dealkylation sites (tertiary alicyclic amines) is 1. The van der Waals surface area contributed by atoms with Crippen LogP contribution in [0.5, 0.6) is 0 Å². The molecule has 0 spiro atoms. The molecule has 1 amide bonds. The van der Waals surface area contributed by atoms with Crippen molar-refractivity contribution >= 4 is 5.91 Å². The van der Waals surface area contributed by atoms with Crippen LogP contribution in [0.25, 0.3) is 11.3 Å². The van der Waals surface area contributed by atoms with Crippen LogP contribution in [0.4, 0.5) is 0 Å². The number of carbonyl (C=O) groups excluding carboxylic acids is 1. The Hall–Kier alpha value is -3.06.